The first-order valence-electron chi connectivity index (χ1n) is 7.23. The highest BCUT2D eigenvalue weighted by Gasteiger charge is 2.24. The van der Waals surface area contributed by atoms with E-state index >= 15 is 0 Å². The summed E-state index contributed by atoms with van der Waals surface area (Å²) in [5, 5.41) is 14.2. The number of pyridine rings is 1. The second-order valence-electron chi connectivity index (χ2n) is 5.28. The maximum absolute atomic E-state index is 11.9. The minimum atomic E-state index is -0.0323. The highest BCUT2D eigenvalue weighted by Crippen LogP contribution is 2.17. The Bertz CT molecular complexity index is 591. The fourth-order valence-electron chi connectivity index (χ4n) is 2.53. The molecular weight excluding hydrogens is 300 g/mol. The lowest BCUT2D eigenvalue weighted by Gasteiger charge is -2.15. The third kappa shape index (κ3) is 4.22. The van der Waals surface area contributed by atoms with E-state index in [2.05, 4.69) is 30.7 Å². The molecule has 1 saturated heterocycles. The molecule has 22 heavy (non-hydrogen) atoms. The van der Waals surface area contributed by atoms with Crippen molar-refractivity contribution in [2.45, 2.75) is 6.42 Å². The number of nitrogens with one attached hydrogen (secondary N) is 2. The lowest BCUT2D eigenvalue weighted by atomic mass is 10.1. The van der Waals surface area contributed by atoms with Gasteiger partial charge in [-0.3, -0.25) is 15.0 Å². The summed E-state index contributed by atoms with van der Waals surface area (Å²) in [6, 6.07) is 5.83. The maximum Gasteiger partial charge on any atom is 0.240 e. The normalized spacial score (nSPS) is 18.3. The SMILES string of the molecule is O=C(CN1CCC(CNc2ccccn2)C1)Nc1nncs1. The second-order valence-corrected chi connectivity index (χ2v) is 6.11. The number of carbonyl (C=O) groups excluding carboxylic acids is 1. The quantitative estimate of drug-likeness (QED) is 0.835. The fourth-order valence-corrected chi connectivity index (χ4v) is 2.99. The summed E-state index contributed by atoms with van der Waals surface area (Å²) in [6.07, 6.45) is 2.87. The Morgan fingerprint density at radius 2 is 2.41 bits per heavy atom. The van der Waals surface area contributed by atoms with E-state index in [-0.39, 0.29) is 5.91 Å². The average molecular weight is 318 g/mol. The van der Waals surface area contributed by atoms with Gasteiger partial charge in [0.15, 0.2) is 0 Å². The molecule has 2 N–H and O–H groups in total. The highest BCUT2D eigenvalue weighted by atomic mass is 32.1. The van der Waals surface area contributed by atoms with Gasteiger partial charge >= 0.3 is 0 Å². The van der Waals surface area contributed by atoms with Crippen LogP contribution in [-0.2, 0) is 4.79 Å². The Kier molecular flexibility index (Phi) is 4.92. The van der Waals surface area contributed by atoms with Crippen molar-refractivity contribution in [2.75, 3.05) is 36.8 Å². The van der Waals surface area contributed by atoms with Crippen molar-refractivity contribution in [3.05, 3.63) is 29.9 Å². The van der Waals surface area contributed by atoms with E-state index in [1.165, 1.54) is 11.3 Å². The molecule has 2 aromatic heterocycles. The molecule has 1 fully saturated rings. The van der Waals surface area contributed by atoms with Crippen LogP contribution in [0.4, 0.5) is 10.9 Å². The van der Waals surface area contributed by atoms with Gasteiger partial charge in [0, 0.05) is 19.3 Å². The minimum Gasteiger partial charge on any atom is -0.370 e. The summed E-state index contributed by atoms with van der Waals surface area (Å²) in [5.74, 6) is 1.40. The monoisotopic (exact) mass is 318 g/mol. The number of likely N-dealkylation sites (tertiary alicyclic amines) is 1. The van der Waals surface area contributed by atoms with E-state index in [1.807, 2.05) is 18.2 Å². The Labute approximate surface area is 132 Å². The summed E-state index contributed by atoms with van der Waals surface area (Å²) < 4.78 is 0. The molecule has 116 valence electrons. The third-order valence-electron chi connectivity index (χ3n) is 3.58. The Morgan fingerprint density at radius 1 is 1.45 bits per heavy atom. The van der Waals surface area contributed by atoms with Gasteiger partial charge in [-0.25, -0.2) is 4.98 Å². The predicted octanol–water partition coefficient (Wildman–Crippen LogP) is 1.31. The number of anilines is 2. The van der Waals surface area contributed by atoms with Crippen LogP contribution in [0.1, 0.15) is 6.42 Å². The van der Waals surface area contributed by atoms with Crippen LogP contribution in [0.5, 0.6) is 0 Å². The zero-order chi connectivity index (χ0) is 15.2. The Hall–Kier alpha value is -2.06. The number of carbonyl (C=O) groups is 1. The van der Waals surface area contributed by atoms with E-state index in [1.54, 1.807) is 11.7 Å². The van der Waals surface area contributed by atoms with Gasteiger partial charge in [0.25, 0.3) is 0 Å². The summed E-state index contributed by atoms with van der Waals surface area (Å²) in [7, 11) is 0. The van der Waals surface area contributed by atoms with Crippen molar-refractivity contribution < 1.29 is 4.79 Å². The van der Waals surface area contributed by atoms with Gasteiger partial charge in [-0.15, -0.1) is 10.2 Å². The van der Waals surface area contributed by atoms with Gasteiger partial charge < -0.3 is 5.32 Å². The molecular formula is C14H18N6OS. The first-order chi connectivity index (χ1) is 10.8. The molecule has 1 atom stereocenters. The zero-order valence-electron chi connectivity index (χ0n) is 12.1. The topological polar surface area (TPSA) is 83.0 Å². The summed E-state index contributed by atoms with van der Waals surface area (Å²) in [5.41, 5.74) is 1.60. The van der Waals surface area contributed by atoms with Crippen molar-refractivity contribution in [3.63, 3.8) is 0 Å². The number of aromatic nitrogens is 3. The molecule has 0 aromatic carbocycles. The molecule has 0 aliphatic carbocycles. The lowest BCUT2D eigenvalue weighted by molar-refractivity contribution is -0.117. The van der Waals surface area contributed by atoms with E-state index in [4.69, 9.17) is 0 Å². The van der Waals surface area contributed by atoms with Gasteiger partial charge in [0.05, 0.1) is 6.54 Å². The first kappa shape index (κ1) is 14.9. The summed E-state index contributed by atoms with van der Waals surface area (Å²) >= 11 is 1.33. The molecule has 0 spiro atoms. The molecule has 1 amide bonds. The maximum atomic E-state index is 11.9. The Morgan fingerprint density at radius 3 is 3.18 bits per heavy atom. The predicted molar refractivity (Wildman–Crippen MR) is 85.8 cm³/mol. The number of rotatable bonds is 6. The molecule has 0 saturated carbocycles. The van der Waals surface area contributed by atoms with Crippen molar-refractivity contribution in [1.82, 2.24) is 20.1 Å². The number of nitrogens with zero attached hydrogens (tertiary/aromatic N) is 4. The molecule has 0 radical (unpaired) electrons. The van der Waals surface area contributed by atoms with E-state index in [0.717, 1.165) is 31.9 Å². The van der Waals surface area contributed by atoms with E-state index in [0.29, 0.717) is 17.6 Å². The van der Waals surface area contributed by atoms with Crippen LogP contribution in [0.2, 0.25) is 0 Å². The first-order valence-corrected chi connectivity index (χ1v) is 8.11. The smallest absolute Gasteiger partial charge is 0.240 e. The molecule has 3 heterocycles. The molecule has 1 aliphatic rings. The van der Waals surface area contributed by atoms with Crippen molar-refractivity contribution >= 4 is 28.2 Å². The molecule has 3 rings (SSSR count). The second kappa shape index (κ2) is 7.28. The molecule has 1 unspecified atom stereocenters. The van der Waals surface area contributed by atoms with Gasteiger partial charge in [-0.1, -0.05) is 17.4 Å². The Balaban J connectivity index is 1.39. The lowest BCUT2D eigenvalue weighted by Crippen LogP contribution is -2.32. The van der Waals surface area contributed by atoms with Gasteiger partial charge in [-0.2, -0.15) is 0 Å². The molecule has 0 bridgehead atoms. The third-order valence-corrected chi connectivity index (χ3v) is 4.19. The standard InChI is InChI=1S/C14H18N6OS/c21-13(18-14-19-17-10-22-14)9-20-6-4-11(8-20)7-16-12-3-1-2-5-15-12/h1-3,5,10-11H,4,6-9H2,(H,15,16)(H,18,19,21). The zero-order valence-corrected chi connectivity index (χ0v) is 12.9. The highest BCUT2D eigenvalue weighted by molar-refractivity contribution is 7.13. The van der Waals surface area contributed by atoms with Crippen LogP contribution in [0.3, 0.4) is 0 Å². The number of hydrogen-bond donors (Lipinski definition) is 2. The van der Waals surface area contributed by atoms with Gasteiger partial charge in [0.2, 0.25) is 11.0 Å². The van der Waals surface area contributed by atoms with Crippen molar-refractivity contribution in [1.29, 1.82) is 0 Å². The average Bonchev–Trinajstić information content (AvgIpc) is 3.18. The van der Waals surface area contributed by atoms with Crippen molar-refractivity contribution in [3.8, 4) is 0 Å². The van der Waals surface area contributed by atoms with E-state index < -0.39 is 0 Å². The van der Waals surface area contributed by atoms with Crippen LogP contribution in [0.15, 0.2) is 29.9 Å². The largest absolute Gasteiger partial charge is 0.370 e. The molecule has 1 aliphatic heterocycles. The van der Waals surface area contributed by atoms with Crippen LogP contribution >= 0.6 is 11.3 Å². The summed E-state index contributed by atoms with van der Waals surface area (Å²) in [6.45, 7) is 3.15. The number of hydrogen-bond acceptors (Lipinski definition) is 7. The van der Waals surface area contributed by atoms with Crippen LogP contribution in [-0.4, -0.2) is 52.2 Å². The molecule has 8 heteroatoms. The molecule has 7 nitrogen and oxygen atoms in total. The van der Waals surface area contributed by atoms with E-state index in [9.17, 15) is 4.79 Å². The fraction of sp³-hybridized carbons (Fsp3) is 0.429. The van der Waals surface area contributed by atoms with Crippen molar-refractivity contribution in [2.24, 2.45) is 5.92 Å². The van der Waals surface area contributed by atoms with Crippen LogP contribution < -0.4 is 10.6 Å². The van der Waals surface area contributed by atoms with Gasteiger partial charge in [0.1, 0.15) is 11.3 Å². The molecule has 2 aromatic rings. The minimum absolute atomic E-state index is 0.0323. The number of amides is 1. The van der Waals surface area contributed by atoms with Gasteiger partial charge in [-0.05, 0) is 31.0 Å². The summed E-state index contributed by atoms with van der Waals surface area (Å²) in [4.78, 5) is 18.3. The van der Waals surface area contributed by atoms with Crippen LogP contribution in [0.25, 0.3) is 0 Å². The van der Waals surface area contributed by atoms with Crippen LogP contribution in [0, 0.1) is 5.92 Å².